The molecule has 0 unspecified atom stereocenters. The molecule has 5 rings (SSSR count). The highest BCUT2D eigenvalue weighted by atomic mass is 35.5. The second-order valence-electron chi connectivity index (χ2n) is 12.9. The number of carbonyl (C=O) groups is 2. The summed E-state index contributed by atoms with van der Waals surface area (Å²) in [5, 5.41) is 6.42. The molecule has 251 valence electrons. The molecule has 0 spiro atoms. The van der Waals surface area contributed by atoms with E-state index in [1.54, 1.807) is 32.3 Å². The molecule has 0 atom stereocenters. The molecule has 0 aliphatic carbocycles. The van der Waals surface area contributed by atoms with Crippen LogP contribution < -0.4 is 15.7 Å². The van der Waals surface area contributed by atoms with Crippen molar-refractivity contribution in [1.82, 2.24) is 14.8 Å². The van der Waals surface area contributed by atoms with Gasteiger partial charge in [0.1, 0.15) is 0 Å². The number of nitrogens with one attached hydrogen (secondary N) is 1. The van der Waals surface area contributed by atoms with Crippen LogP contribution in [0.25, 0.3) is 11.8 Å². The number of nitrogens with zero attached hydrogens (tertiary/aromatic N) is 2. The minimum atomic E-state index is -1.57. The van der Waals surface area contributed by atoms with E-state index in [9.17, 15) is 9.59 Å². The number of hydrogen-bond donors (Lipinski definition) is 1. The van der Waals surface area contributed by atoms with Crippen molar-refractivity contribution in [1.29, 1.82) is 0 Å². The van der Waals surface area contributed by atoms with Crippen LogP contribution in [0.3, 0.4) is 0 Å². The van der Waals surface area contributed by atoms with Crippen molar-refractivity contribution in [3.63, 3.8) is 0 Å². The summed E-state index contributed by atoms with van der Waals surface area (Å²) in [6.07, 6.45) is 5.14. The van der Waals surface area contributed by atoms with E-state index >= 15 is 0 Å². The van der Waals surface area contributed by atoms with Crippen LogP contribution >= 0.6 is 23.2 Å². The van der Waals surface area contributed by atoms with Gasteiger partial charge in [-0.2, -0.15) is 0 Å². The van der Waals surface area contributed by atoms with E-state index in [-0.39, 0.29) is 23.8 Å². The van der Waals surface area contributed by atoms with Gasteiger partial charge in [0.25, 0.3) is 14.9 Å². The first-order valence-corrected chi connectivity index (χ1v) is 18.2. The van der Waals surface area contributed by atoms with Gasteiger partial charge in [-0.25, -0.2) is 0 Å². The molecule has 0 fully saturated rings. The molecule has 0 saturated heterocycles. The Hall–Kier alpha value is -4.40. The zero-order valence-electron chi connectivity index (χ0n) is 28.3. The van der Waals surface area contributed by atoms with E-state index in [1.807, 2.05) is 77.5 Å². The number of carbonyl (C=O) groups excluding carboxylic acids is 2. The predicted octanol–water partition coefficient (Wildman–Crippen LogP) is 7.44. The molecule has 1 aromatic heterocycles. The Kier molecular flexibility index (Phi) is 11.6. The molecule has 0 aliphatic heterocycles. The molecule has 5 aromatic rings. The molecule has 9 heteroatoms. The summed E-state index contributed by atoms with van der Waals surface area (Å²) in [7, 11) is 1.86. The van der Waals surface area contributed by atoms with Gasteiger partial charge in [-0.3, -0.25) is 9.59 Å². The van der Waals surface area contributed by atoms with Crippen molar-refractivity contribution < 1.29 is 14.0 Å². The van der Waals surface area contributed by atoms with Gasteiger partial charge in [-0.05, 0) is 68.9 Å². The lowest BCUT2D eigenvalue weighted by Gasteiger charge is -2.27. The van der Waals surface area contributed by atoms with Crippen LogP contribution in [0.15, 0.2) is 115 Å². The maximum atomic E-state index is 12.8. The van der Waals surface area contributed by atoms with E-state index in [0.29, 0.717) is 22.2 Å². The topological polar surface area (TPSA) is 63.6 Å². The highest BCUT2D eigenvalue weighted by Crippen LogP contribution is 2.41. The Bertz CT molecular complexity index is 1890. The molecule has 1 heterocycles. The number of benzene rings is 4. The fraction of sp³-hybridized carbons (Fsp3) is 0.200. The van der Waals surface area contributed by atoms with Crippen molar-refractivity contribution in [3.05, 3.63) is 153 Å². The van der Waals surface area contributed by atoms with Crippen LogP contribution in [0.5, 0.6) is 0 Å². The largest absolute Gasteiger partial charge is 0.403 e. The lowest BCUT2D eigenvalue weighted by atomic mass is 9.85. The van der Waals surface area contributed by atoms with Gasteiger partial charge in [0.15, 0.2) is 0 Å². The van der Waals surface area contributed by atoms with Crippen LogP contribution in [-0.4, -0.2) is 44.4 Å². The van der Waals surface area contributed by atoms with Crippen LogP contribution in [-0.2, 0) is 27.8 Å². The first-order valence-electron chi connectivity index (χ1n) is 16.0. The van der Waals surface area contributed by atoms with Crippen molar-refractivity contribution in [2.24, 2.45) is 0 Å². The lowest BCUT2D eigenvalue weighted by molar-refractivity contribution is -0.116. The Labute approximate surface area is 300 Å². The molecular weight excluding hydrogens is 669 g/mol. The van der Waals surface area contributed by atoms with E-state index in [4.69, 9.17) is 27.6 Å². The average Bonchev–Trinajstić information content (AvgIpc) is 3.56. The molecule has 0 bridgehead atoms. The Morgan fingerprint density at radius 2 is 1.47 bits per heavy atom. The summed E-state index contributed by atoms with van der Waals surface area (Å²) in [4.78, 5) is 26.5. The Morgan fingerprint density at radius 1 is 0.857 bits per heavy atom. The smallest absolute Gasteiger partial charge is 0.283 e. The van der Waals surface area contributed by atoms with Crippen LogP contribution in [0.4, 0.5) is 0 Å². The highest BCUT2D eigenvalue weighted by Gasteiger charge is 2.28. The summed E-state index contributed by atoms with van der Waals surface area (Å²) in [6, 6.07) is 33.6. The van der Waals surface area contributed by atoms with Crippen molar-refractivity contribution in [3.8, 4) is 5.69 Å². The first-order chi connectivity index (χ1) is 23.4. The summed E-state index contributed by atoms with van der Waals surface area (Å²) in [5.74, 6) is -0.319. The van der Waals surface area contributed by atoms with Gasteiger partial charge in [-0.1, -0.05) is 117 Å². The first kappa shape index (κ1) is 35.9. The van der Waals surface area contributed by atoms with E-state index in [2.05, 4.69) is 50.4 Å². The zero-order valence-corrected chi connectivity index (χ0v) is 30.8. The fourth-order valence-corrected chi connectivity index (χ4v) is 8.49. The quantitative estimate of drug-likeness (QED) is 0.115. The Morgan fingerprint density at radius 3 is 2.04 bits per heavy atom. The number of amides is 2. The monoisotopic (exact) mass is 708 g/mol. The molecule has 1 radical (unpaired) electrons. The molecule has 0 saturated carbocycles. The van der Waals surface area contributed by atoms with Gasteiger partial charge in [0.2, 0.25) is 5.91 Å². The zero-order chi connectivity index (χ0) is 35.1. The molecule has 49 heavy (non-hydrogen) atoms. The molecule has 0 aliphatic rings. The lowest BCUT2D eigenvalue weighted by Crippen LogP contribution is -2.44. The van der Waals surface area contributed by atoms with E-state index < -0.39 is 9.04 Å². The third-order valence-corrected chi connectivity index (χ3v) is 10.9. The van der Waals surface area contributed by atoms with Gasteiger partial charge >= 0.3 is 0 Å². The summed E-state index contributed by atoms with van der Waals surface area (Å²) >= 11 is 14.3. The summed E-state index contributed by atoms with van der Waals surface area (Å²) in [6.45, 7) is 6.85. The summed E-state index contributed by atoms with van der Waals surface area (Å²) in [5.41, 5.74) is 4.34. The third-order valence-electron chi connectivity index (χ3n) is 7.98. The van der Waals surface area contributed by atoms with Crippen molar-refractivity contribution in [2.45, 2.75) is 39.3 Å². The normalized spacial score (nSPS) is 11.7. The number of hydrogen-bond acceptors (Lipinski definition) is 3. The Balaban J connectivity index is 1.38. The molecule has 1 N–H and O–H groups in total. The van der Waals surface area contributed by atoms with Crippen molar-refractivity contribution in [2.75, 3.05) is 14.1 Å². The van der Waals surface area contributed by atoms with Gasteiger partial charge in [0, 0.05) is 37.6 Å². The fourth-order valence-electron chi connectivity index (χ4n) is 5.48. The molecule has 4 aromatic carbocycles. The standard InChI is InChI=1S/C40H40Cl2N3O3Si/c1-40(2,3)36-37(41)30(27-48-49(32-14-8-6-9-15-32)33-16-10-7-11-17-33)25-34(38(36)42)45-24-12-13-31(45)26-43-35(46)23-20-28-18-21-29(22-19-28)39(47)44(4)5/h6-25H,26-27H2,1-5H3,(H,43,46). The third kappa shape index (κ3) is 8.80. The van der Waals surface area contributed by atoms with Gasteiger partial charge < -0.3 is 19.2 Å². The maximum absolute atomic E-state index is 12.8. The van der Waals surface area contributed by atoms with Crippen LogP contribution in [0, 0.1) is 0 Å². The minimum Gasteiger partial charge on any atom is -0.403 e. The second kappa shape index (κ2) is 15.9. The molecule has 6 nitrogen and oxygen atoms in total. The van der Waals surface area contributed by atoms with Crippen molar-refractivity contribution >= 4 is 60.5 Å². The number of aromatic nitrogens is 1. The highest BCUT2D eigenvalue weighted by molar-refractivity contribution is 6.80. The van der Waals surface area contributed by atoms with E-state index in [0.717, 1.165) is 38.4 Å². The maximum Gasteiger partial charge on any atom is 0.283 e. The molecule has 2 amide bonds. The van der Waals surface area contributed by atoms with Crippen LogP contribution in [0.2, 0.25) is 10.0 Å². The predicted molar refractivity (Wildman–Crippen MR) is 203 cm³/mol. The van der Waals surface area contributed by atoms with Gasteiger partial charge in [0.05, 0.1) is 28.9 Å². The summed E-state index contributed by atoms with van der Waals surface area (Å²) < 4.78 is 8.73. The van der Waals surface area contributed by atoms with Gasteiger partial charge in [-0.15, -0.1) is 0 Å². The SMILES string of the molecule is CN(C)C(=O)c1ccc(C=CC(=O)NCc2cccn2-c2cc(CO[Si](c3ccccc3)c3ccccc3)c(Cl)c(C(C)(C)C)c2Cl)cc1. The average molecular weight is 710 g/mol. The molecular formula is C40H40Cl2N3O3Si. The van der Waals surface area contributed by atoms with Crippen LogP contribution in [0.1, 0.15) is 53.5 Å². The minimum absolute atomic E-state index is 0.0729. The van der Waals surface area contributed by atoms with E-state index in [1.165, 1.54) is 11.0 Å². The number of rotatable bonds is 11. The number of halogens is 2. The second-order valence-corrected chi connectivity index (χ2v) is 15.8.